The van der Waals surface area contributed by atoms with Crippen molar-refractivity contribution in [3.05, 3.63) is 47.4 Å². The van der Waals surface area contributed by atoms with Crippen molar-refractivity contribution in [3.63, 3.8) is 0 Å². The summed E-state index contributed by atoms with van der Waals surface area (Å²) in [7, 11) is 0. The molecule has 0 saturated heterocycles. The molecule has 0 spiro atoms. The van der Waals surface area contributed by atoms with Gasteiger partial charge in [-0.25, -0.2) is 9.37 Å². The highest BCUT2D eigenvalue weighted by atomic mass is 19.1. The number of pyridine rings is 1. The topological polar surface area (TPSA) is 65.2 Å². The first kappa shape index (κ1) is 20.8. The molecule has 4 rings (SSSR count). The number of nitrogens with zero attached hydrogens (tertiary/aromatic N) is 1. The van der Waals surface area contributed by atoms with Crippen molar-refractivity contribution in [1.82, 2.24) is 4.98 Å². The van der Waals surface area contributed by atoms with E-state index in [0.29, 0.717) is 17.4 Å². The zero-order valence-corrected chi connectivity index (χ0v) is 18.1. The van der Waals surface area contributed by atoms with Gasteiger partial charge in [0.2, 0.25) is 11.8 Å². The van der Waals surface area contributed by atoms with Crippen LogP contribution in [0.1, 0.15) is 76.3 Å². The second kappa shape index (κ2) is 8.01. The van der Waals surface area contributed by atoms with Crippen molar-refractivity contribution in [3.8, 4) is 17.0 Å². The Kier molecular flexibility index (Phi) is 5.56. The summed E-state index contributed by atoms with van der Waals surface area (Å²) in [5.74, 6) is 0.757. The summed E-state index contributed by atoms with van der Waals surface area (Å²) in [4.78, 5) is 16.7. The molecule has 1 aromatic carbocycles. The molecule has 2 aromatic rings. The maximum absolute atomic E-state index is 14.9. The van der Waals surface area contributed by atoms with Gasteiger partial charge in [-0.3, -0.25) is 4.79 Å². The van der Waals surface area contributed by atoms with E-state index in [2.05, 4.69) is 11.9 Å². The Morgan fingerprint density at radius 3 is 2.57 bits per heavy atom. The predicted molar refractivity (Wildman–Crippen MR) is 116 cm³/mol. The lowest BCUT2D eigenvalue weighted by Crippen LogP contribution is -2.35. The average Bonchev–Trinajstić information content (AvgIpc) is 3.07. The number of benzene rings is 1. The summed E-state index contributed by atoms with van der Waals surface area (Å²) in [6.45, 7) is 5.80. The second-order valence-electron chi connectivity index (χ2n) is 9.55. The third-order valence-electron chi connectivity index (χ3n) is 6.97. The van der Waals surface area contributed by atoms with Crippen LogP contribution in [0.15, 0.2) is 30.5 Å². The standard InChI is InChI=1S/C25H31FN2O2/c1-15-10-11-18(12-15)30-23-20(13-17(14-28-23)25(2,3)24(27)29)19-8-5-9-21(26)22(19)16-6-4-7-16/h5,8-9,13-16,18H,4,6-7,10-12H2,1-3H3,(H2,27,29)/t15?,18-/m1/s1. The van der Waals surface area contributed by atoms with E-state index >= 15 is 0 Å². The van der Waals surface area contributed by atoms with E-state index in [-0.39, 0.29) is 17.8 Å². The summed E-state index contributed by atoms with van der Waals surface area (Å²) < 4.78 is 21.3. The van der Waals surface area contributed by atoms with Crippen molar-refractivity contribution < 1.29 is 13.9 Å². The van der Waals surface area contributed by atoms with Crippen LogP contribution in [0.4, 0.5) is 4.39 Å². The Morgan fingerprint density at radius 1 is 1.20 bits per heavy atom. The first-order valence-corrected chi connectivity index (χ1v) is 11.0. The third-order valence-corrected chi connectivity index (χ3v) is 6.97. The summed E-state index contributed by atoms with van der Waals surface area (Å²) in [6, 6.07) is 7.13. The fourth-order valence-corrected chi connectivity index (χ4v) is 4.53. The number of aromatic nitrogens is 1. The van der Waals surface area contributed by atoms with Gasteiger partial charge in [0.15, 0.2) is 0 Å². The molecule has 30 heavy (non-hydrogen) atoms. The van der Waals surface area contributed by atoms with Gasteiger partial charge in [-0.2, -0.15) is 0 Å². The fourth-order valence-electron chi connectivity index (χ4n) is 4.53. The number of nitrogens with two attached hydrogens (primary N) is 1. The van der Waals surface area contributed by atoms with Crippen molar-refractivity contribution >= 4 is 5.91 Å². The minimum absolute atomic E-state index is 0.113. The number of rotatable bonds is 6. The van der Waals surface area contributed by atoms with Crippen molar-refractivity contribution in [2.24, 2.45) is 11.7 Å². The van der Waals surface area contributed by atoms with E-state index < -0.39 is 11.3 Å². The van der Waals surface area contributed by atoms with Crippen LogP contribution in [-0.2, 0) is 10.2 Å². The van der Waals surface area contributed by atoms with Gasteiger partial charge in [-0.05, 0) is 86.6 Å². The molecule has 0 radical (unpaired) electrons. The second-order valence-corrected chi connectivity index (χ2v) is 9.55. The lowest BCUT2D eigenvalue weighted by Gasteiger charge is -2.29. The monoisotopic (exact) mass is 410 g/mol. The zero-order valence-electron chi connectivity index (χ0n) is 18.1. The van der Waals surface area contributed by atoms with Gasteiger partial charge in [-0.15, -0.1) is 0 Å². The molecular formula is C25H31FN2O2. The predicted octanol–water partition coefficient (Wildman–Crippen LogP) is 5.49. The number of carbonyl (C=O) groups excluding carboxylic acids is 1. The van der Waals surface area contributed by atoms with Crippen LogP contribution in [0.25, 0.3) is 11.1 Å². The first-order valence-electron chi connectivity index (χ1n) is 11.0. The minimum Gasteiger partial charge on any atom is -0.474 e. The van der Waals surface area contributed by atoms with Gasteiger partial charge in [-0.1, -0.05) is 25.5 Å². The fraction of sp³-hybridized carbons (Fsp3) is 0.520. The summed E-state index contributed by atoms with van der Waals surface area (Å²) in [5, 5.41) is 0. The lowest BCUT2D eigenvalue weighted by molar-refractivity contribution is -0.122. The van der Waals surface area contributed by atoms with Crippen LogP contribution in [0.3, 0.4) is 0 Å². The van der Waals surface area contributed by atoms with Gasteiger partial charge < -0.3 is 10.5 Å². The quantitative estimate of drug-likeness (QED) is 0.685. The molecule has 2 aliphatic carbocycles. The Labute approximate surface area is 178 Å². The molecule has 1 aromatic heterocycles. The number of hydrogen-bond donors (Lipinski definition) is 1. The van der Waals surface area contributed by atoms with E-state index in [1.54, 1.807) is 26.1 Å². The highest BCUT2D eigenvalue weighted by Crippen LogP contribution is 2.45. The Bertz CT molecular complexity index is 952. The molecule has 2 fully saturated rings. The molecule has 4 nitrogen and oxygen atoms in total. The van der Waals surface area contributed by atoms with Gasteiger partial charge >= 0.3 is 0 Å². The summed E-state index contributed by atoms with van der Waals surface area (Å²) >= 11 is 0. The van der Waals surface area contributed by atoms with E-state index in [1.807, 2.05) is 12.1 Å². The van der Waals surface area contributed by atoms with Crippen LogP contribution < -0.4 is 10.5 Å². The average molecular weight is 411 g/mol. The van der Waals surface area contributed by atoms with Gasteiger partial charge in [0.05, 0.1) is 5.41 Å². The molecule has 160 valence electrons. The normalized spacial score (nSPS) is 22.0. The molecule has 5 heteroatoms. The van der Waals surface area contributed by atoms with E-state index in [1.165, 1.54) is 6.07 Å². The maximum Gasteiger partial charge on any atom is 0.227 e. The number of halogens is 1. The van der Waals surface area contributed by atoms with Crippen LogP contribution in [0, 0.1) is 11.7 Å². The van der Waals surface area contributed by atoms with Crippen molar-refractivity contribution in [1.29, 1.82) is 0 Å². The van der Waals surface area contributed by atoms with E-state index in [9.17, 15) is 9.18 Å². The highest BCUT2D eigenvalue weighted by Gasteiger charge is 2.32. The third kappa shape index (κ3) is 3.82. The molecular weight excluding hydrogens is 379 g/mol. The number of ether oxygens (including phenoxy) is 1. The molecule has 0 aliphatic heterocycles. The Morgan fingerprint density at radius 2 is 1.97 bits per heavy atom. The van der Waals surface area contributed by atoms with Crippen LogP contribution in [-0.4, -0.2) is 17.0 Å². The van der Waals surface area contributed by atoms with Crippen LogP contribution >= 0.6 is 0 Å². The van der Waals surface area contributed by atoms with E-state index in [4.69, 9.17) is 10.5 Å². The van der Waals surface area contributed by atoms with Gasteiger partial charge in [0.1, 0.15) is 11.9 Å². The summed E-state index contributed by atoms with van der Waals surface area (Å²) in [6.07, 6.45) is 8.01. The molecule has 1 heterocycles. The highest BCUT2D eigenvalue weighted by molar-refractivity contribution is 5.86. The molecule has 0 bridgehead atoms. The summed E-state index contributed by atoms with van der Waals surface area (Å²) in [5.41, 5.74) is 7.79. The molecule has 2 atom stereocenters. The van der Waals surface area contributed by atoms with Gasteiger partial charge in [0, 0.05) is 11.8 Å². The SMILES string of the molecule is CC1CC[C@@H](Oc2ncc(C(C)(C)C(N)=O)cc2-c2cccc(F)c2C2CCC2)C1. The molecule has 2 aliphatic rings. The van der Waals surface area contributed by atoms with Crippen LogP contribution in [0.5, 0.6) is 5.88 Å². The molecule has 1 unspecified atom stereocenters. The number of amides is 1. The van der Waals surface area contributed by atoms with Crippen LogP contribution in [0.2, 0.25) is 0 Å². The largest absolute Gasteiger partial charge is 0.474 e. The minimum atomic E-state index is -0.883. The van der Waals surface area contributed by atoms with Crippen molar-refractivity contribution in [2.45, 2.75) is 76.7 Å². The lowest BCUT2D eigenvalue weighted by atomic mass is 9.76. The van der Waals surface area contributed by atoms with Gasteiger partial charge in [0.25, 0.3) is 0 Å². The number of hydrogen-bond acceptors (Lipinski definition) is 3. The Hall–Kier alpha value is -2.43. The smallest absolute Gasteiger partial charge is 0.227 e. The number of carbonyl (C=O) groups is 1. The molecule has 1 amide bonds. The maximum atomic E-state index is 14.9. The zero-order chi connectivity index (χ0) is 21.5. The first-order chi connectivity index (χ1) is 14.3. The Balaban J connectivity index is 1.83. The molecule has 2 N–H and O–H groups in total. The molecule has 2 saturated carbocycles. The number of primary amides is 1. The van der Waals surface area contributed by atoms with E-state index in [0.717, 1.165) is 55.2 Å². The van der Waals surface area contributed by atoms with Crippen molar-refractivity contribution in [2.75, 3.05) is 0 Å².